The average molecular weight is 246 g/mol. The van der Waals surface area contributed by atoms with E-state index in [1.165, 1.54) is 0 Å². The lowest BCUT2D eigenvalue weighted by atomic mass is 10.2. The Hall–Kier alpha value is -2.14. The van der Waals surface area contributed by atoms with Crippen LogP contribution in [0.25, 0.3) is 6.08 Å². The van der Waals surface area contributed by atoms with E-state index in [2.05, 4.69) is 10.7 Å². The molecule has 4 N–H and O–H groups in total. The van der Waals surface area contributed by atoms with E-state index in [1.54, 1.807) is 35.2 Å². The molecular weight excluding hydrogens is 230 g/mol. The Morgan fingerprint density at radius 2 is 2.06 bits per heavy atom. The molecule has 0 unspecified atom stereocenters. The lowest BCUT2D eigenvalue weighted by Crippen LogP contribution is -2.55. The van der Waals surface area contributed by atoms with Crippen LogP contribution in [0, 0.1) is 0 Å². The Morgan fingerprint density at radius 3 is 2.67 bits per heavy atom. The van der Waals surface area contributed by atoms with Crippen LogP contribution in [0.4, 0.5) is 0 Å². The minimum atomic E-state index is -0.0933. The summed E-state index contributed by atoms with van der Waals surface area (Å²) in [7, 11) is 0. The van der Waals surface area contributed by atoms with Crippen molar-refractivity contribution in [1.82, 2.24) is 4.90 Å². The average Bonchev–Trinajstić information content (AvgIpc) is 2.60. The molecule has 0 fully saturated rings. The zero-order valence-corrected chi connectivity index (χ0v) is 10.3. The molecule has 1 amide bonds. The van der Waals surface area contributed by atoms with Gasteiger partial charge < -0.3 is 10.8 Å². The number of carbonyl (C=O) groups excluding carboxylic acids is 1. The summed E-state index contributed by atoms with van der Waals surface area (Å²) in [6.07, 6.45) is 1.72. The highest BCUT2D eigenvalue weighted by molar-refractivity contribution is 6.13. The third-order valence-corrected chi connectivity index (χ3v) is 2.72. The Balaban J connectivity index is 2.25. The summed E-state index contributed by atoms with van der Waals surface area (Å²) >= 11 is 0. The number of aromatic hydroxyl groups is 1. The van der Waals surface area contributed by atoms with Gasteiger partial charge in [-0.25, -0.2) is 4.99 Å². The number of quaternary nitrogens is 1. The Morgan fingerprint density at radius 1 is 1.39 bits per heavy atom. The predicted molar refractivity (Wildman–Crippen MR) is 68.7 cm³/mol. The smallest absolute Gasteiger partial charge is 0.278 e. The van der Waals surface area contributed by atoms with Crippen molar-refractivity contribution in [2.75, 3.05) is 13.1 Å². The van der Waals surface area contributed by atoms with Gasteiger partial charge in [-0.3, -0.25) is 9.69 Å². The molecule has 18 heavy (non-hydrogen) atoms. The molecule has 94 valence electrons. The summed E-state index contributed by atoms with van der Waals surface area (Å²) < 4.78 is 0. The lowest BCUT2D eigenvalue weighted by molar-refractivity contribution is -0.367. The van der Waals surface area contributed by atoms with E-state index in [4.69, 9.17) is 0 Å². The second-order valence-corrected chi connectivity index (χ2v) is 4.09. The number of nitrogens with zero attached hydrogens (tertiary/aromatic N) is 2. The molecule has 1 heterocycles. The van der Waals surface area contributed by atoms with Crippen molar-refractivity contribution in [2.45, 2.75) is 6.92 Å². The monoisotopic (exact) mass is 246 g/mol. The number of aliphatic imine (C=N–C) groups is 1. The third kappa shape index (κ3) is 2.41. The fraction of sp³-hybridized carbons (Fsp3) is 0.231. The fourth-order valence-corrected chi connectivity index (χ4v) is 1.81. The molecule has 0 radical (unpaired) electrons. The summed E-state index contributed by atoms with van der Waals surface area (Å²) in [5, 5.41) is 9.19. The van der Waals surface area contributed by atoms with Gasteiger partial charge in [0.15, 0.2) is 0 Å². The van der Waals surface area contributed by atoms with Crippen molar-refractivity contribution < 1.29 is 15.6 Å². The lowest BCUT2D eigenvalue weighted by Gasteiger charge is -2.12. The van der Waals surface area contributed by atoms with Crippen LogP contribution in [0.15, 0.2) is 35.0 Å². The Kier molecular flexibility index (Phi) is 3.43. The molecule has 5 nitrogen and oxygen atoms in total. The molecule has 0 aliphatic carbocycles. The van der Waals surface area contributed by atoms with E-state index < -0.39 is 0 Å². The zero-order valence-electron chi connectivity index (χ0n) is 10.3. The molecule has 0 spiro atoms. The summed E-state index contributed by atoms with van der Waals surface area (Å²) in [5.41, 5.74) is 5.00. The summed E-state index contributed by atoms with van der Waals surface area (Å²) in [5.74, 6) is 0.811. The van der Waals surface area contributed by atoms with Gasteiger partial charge in [-0.1, -0.05) is 12.1 Å². The van der Waals surface area contributed by atoms with Gasteiger partial charge in [0.05, 0.1) is 13.1 Å². The number of hydrogen-bond acceptors (Lipinski definition) is 3. The van der Waals surface area contributed by atoms with Gasteiger partial charge in [0.25, 0.3) is 5.91 Å². The molecule has 0 bridgehead atoms. The van der Waals surface area contributed by atoms with Crippen LogP contribution in [0.5, 0.6) is 5.75 Å². The largest absolute Gasteiger partial charge is 0.508 e. The Bertz CT molecular complexity index is 518. The second kappa shape index (κ2) is 5.01. The first kappa shape index (κ1) is 12.3. The van der Waals surface area contributed by atoms with E-state index in [1.807, 2.05) is 6.92 Å². The summed E-state index contributed by atoms with van der Waals surface area (Å²) in [4.78, 5) is 17.9. The molecule has 0 aromatic heterocycles. The van der Waals surface area contributed by atoms with Crippen LogP contribution in [0.3, 0.4) is 0 Å². The number of phenolic OH excluding ortho intramolecular Hbond substituents is 1. The van der Waals surface area contributed by atoms with Gasteiger partial charge in [-0.15, -0.1) is 0 Å². The SMILES string of the molecule is CC1=N/C(=C\c2ccc(O)cc2)C(=O)N1CC[NH3+]. The van der Waals surface area contributed by atoms with Gasteiger partial charge in [-0.05, 0) is 30.7 Å². The van der Waals surface area contributed by atoms with Gasteiger partial charge >= 0.3 is 0 Å². The van der Waals surface area contributed by atoms with E-state index in [0.29, 0.717) is 24.6 Å². The molecule has 0 saturated heterocycles. The first-order valence-corrected chi connectivity index (χ1v) is 5.79. The van der Waals surface area contributed by atoms with Gasteiger partial charge in [0.1, 0.15) is 17.3 Å². The van der Waals surface area contributed by atoms with Crippen molar-refractivity contribution in [2.24, 2.45) is 4.99 Å². The van der Waals surface area contributed by atoms with Crippen molar-refractivity contribution in [3.63, 3.8) is 0 Å². The normalized spacial score (nSPS) is 17.4. The van der Waals surface area contributed by atoms with Crippen LogP contribution in [0.2, 0.25) is 0 Å². The van der Waals surface area contributed by atoms with Crippen LogP contribution >= 0.6 is 0 Å². The number of rotatable bonds is 3. The first-order chi connectivity index (χ1) is 8.61. The minimum Gasteiger partial charge on any atom is -0.508 e. The van der Waals surface area contributed by atoms with Gasteiger partial charge in [0, 0.05) is 0 Å². The molecule has 1 aromatic carbocycles. The van der Waals surface area contributed by atoms with Crippen molar-refractivity contribution >= 4 is 17.8 Å². The quantitative estimate of drug-likeness (QED) is 0.749. The van der Waals surface area contributed by atoms with E-state index in [-0.39, 0.29) is 11.7 Å². The zero-order chi connectivity index (χ0) is 13.1. The molecule has 1 aliphatic rings. The second-order valence-electron chi connectivity index (χ2n) is 4.09. The maximum Gasteiger partial charge on any atom is 0.278 e. The maximum atomic E-state index is 12.0. The molecule has 2 rings (SSSR count). The fourth-order valence-electron chi connectivity index (χ4n) is 1.81. The predicted octanol–water partition coefficient (Wildman–Crippen LogP) is 0.236. The molecule has 1 aliphatic heterocycles. The first-order valence-electron chi connectivity index (χ1n) is 5.79. The molecule has 0 saturated carbocycles. The van der Waals surface area contributed by atoms with E-state index >= 15 is 0 Å². The number of amides is 1. The maximum absolute atomic E-state index is 12.0. The molecule has 0 atom stereocenters. The number of benzene rings is 1. The topological polar surface area (TPSA) is 80.5 Å². The number of carbonyl (C=O) groups is 1. The van der Waals surface area contributed by atoms with Gasteiger partial charge in [-0.2, -0.15) is 0 Å². The molecule has 5 heteroatoms. The minimum absolute atomic E-state index is 0.0933. The highest BCUT2D eigenvalue weighted by atomic mass is 16.3. The number of hydrogen-bond donors (Lipinski definition) is 2. The van der Waals surface area contributed by atoms with Crippen LogP contribution in [-0.4, -0.2) is 34.8 Å². The van der Waals surface area contributed by atoms with E-state index in [0.717, 1.165) is 5.56 Å². The third-order valence-electron chi connectivity index (χ3n) is 2.72. The van der Waals surface area contributed by atoms with Crippen LogP contribution in [-0.2, 0) is 4.79 Å². The van der Waals surface area contributed by atoms with Crippen molar-refractivity contribution in [3.8, 4) is 5.75 Å². The number of amidine groups is 1. The summed E-state index contributed by atoms with van der Waals surface area (Å²) in [6.45, 7) is 3.05. The van der Waals surface area contributed by atoms with Gasteiger partial charge in [0.2, 0.25) is 0 Å². The summed E-state index contributed by atoms with van der Waals surface area (Å²) in [6, 6.07) is 6.64. The Labute approximate surface area is 105 Å². The highest BCUT2D eigenvalue weighted by Gasteiger charge is 2.26. The van der Waals surface area contributed by atoms with Crippen LogP contribution in [0.1, 0.15) is 12.5 Å². The molecule has 1 aromatic rings. The van der Waals surface area contributed by atoms with Crippen LogP contribution < -0.4 is 5.73 Å². The van der Waals surface area contributed by atoms with Crippen molar-refractivity contribution in [3.05, 3.63) is 35.5 Å². The van der Waals surface area contributed by atoms with E-state index in [9.17, 15) is 9.90 Å². The molecular formula is C13H16N3O2+. The number of phenols is 1. The van der Waals surface area contributed by atoms with Crippen molar-refractivity contribution in [1.29, 1.82) is 0 Å². The highest BCUT2D eigenvalue weighted by Crippen LogP contribution is 2.19. The standard InChI is InChI=1S/C13H15N3O2/c1-9-15-12(13(18)16(9)7-6-14)8-10-2-4-11(17)5-3-10/h2-5,8,17H,6-7,14H2,1H3/p+1/b12-8-.